The van der Waals surface area contributed by atoms with E-state index in [4.69, 9.17) is 9.47 Å². The van der Waals surface area contributed by atoms with E-state index in [0.29, 0.717) is 26.2 Å². The fourth-order valence-corrected chi connectivity index (χ4v) is 3.95. The predicted molar refractivity (Wildman–Crippen MR) is 97.6 cm³/mol. The number of hydrogen-bond donors (Lipinski definition) is 0. The monoisotopic (exact) mass is 383 g/mol. The van der Waals surface area contributed by atoms with Gasteiger partial charge in [0.15, 0.2) is 11.5 Å². The van der Waals surface area contributed by atoms with Crippen LogP contribution in [0.1, 0.15) is 5.56 Å². The Bertz CT molecular complexity index is 966. The fourth-order valence-electron chi connectivity index (χ4n) is 3.95. The number of carbonyl (C=O) groups is 2. The van der Waals surface area contributed by atoms with Crippen LogP contribution >= 0.6 is 0 Å². The Morgan fingerprint density at radius 1 is 1.04 bits per heavy atom. The minimum Gasteiger partial charge on any atom is -0.454 e. The summed E-state index contributed by atoms with van der Waals surface area (Å²) in [6.45, 7) is 2.41. The summed E-state index contributed by atoms with van der Waals surface area (Å²) in [7, 11) is 0. The molecule has 7 nitrogen and oxygen atoms in total. The number of carbonyl (C=O) groups excluding carboxylic acids is 2. The molecule has 1 unspecified atom stereocenters. The van der Waals surface area contributed by atoms with Gasteiger partial charge in [0.25, 0.3) is 5.91 Å². The van der Waals surface area contributed by atoms with Crippen molar-refractivity contribution in [2.75, 3.05) is 31.3 Å². The summed E-state index contributed by atoms with van der Waals surface area (Å²) >= 11 is 0. The molecule has 2 aromatic rings. The minimum atomic E-state index is -0.557. The topological polar surface area (TPSA) is 62.3 Å². The Balaban J connectivity index is 1.33. The number of amides is 3. The van der Waals surface area contributed by atoms with Crippen molar-refractivity contribution in [1.29, 1.82) is 0 Å². The number of imide groups is 1. The number of rotatable bonds is 3. The molecule has 5 rings (SSSR count). The molecule has 28 heavy (non-hydrogen) atoms. The summed E-state index contributed by atoms with van der Waals surface area (Å²) in [4.78, 5) is 30.4. The van der Waals surface area contributed by atoms with Gasteiger partial charge >= 0.3 is 6.03 Å². The van der Waals surface area contributed by atoms with E-state index < -0.39 is 11.9 Å². The number of hydrogen-bond acceptors (Lipinski definition) is 5. The zero-order valence-electron chi connectivity index (χ0n) is 15.0. The Hall–Kier alpha value is -3.13. The number of nitrogens with zero attached hydrogens (tertiary/aromatic N) is 3. The Labute approximate surface area is 160 Å². The van der Waals surface area contributed by atoms with Crippen LogP contribution in [0.3, 0.4) is 0 Å². The van der Waals surface area contributed by atoms with E-state index >= 15 is 0 Å². The van der Waals surface area contributed by atoms with Gasteiger partial charge in [-0.2, -0.15) is 0 Å². The van der Waals surface area contributed by atoms with Gasteiger partial charge in [-0.15, -0.1) is 0 Å². The molecular weight excluding hydrogens is 365 g/mol. The largest absolute Gasteiger partial charge is 0.454 e. The first-order valence-electron chi connectivity index (χ1n) is 9.11. The molecule has 0 saturated carbocycles. The first-order chi connectivity index (χ1) is 13.6. The molecule has 1 atom stereocenters. The third-order valence-electron chi connectivity index (χ3n) is 5.32. The van der Waals surface area contributed by atoms with Crippen LogP contribution in [0.5, 0.6) is 11.5 Å². The van der Waals surface area contributed by atoms with Crippen LogP contribution in [0, 0.1) is 5.82 Å². The molecule has 3 aliphatic heterocycles. The SMILES string of the molecule is O=C1C2CN(Cc3ccc4c(c3)OCO4)CCN2C(=O)N1c1cccc(F)c1. The van der Waals surface area contributed by atoms with Crippen LogP contribution in [-0.2, 0) is 11.3 Å². The quantitative estimate of drug-likeness (QED) is 0.761. The first-order valence-corrected chi connectivity index (χ1v) is 9.11. The lowest BCUT2D eigenvalue weighted by Crippen LogP contribution is -2.52. The molecule has 144 valence electrons. The highest BCUT2D eigenvalue weighted by Gasteiger charge is 2.48. The van der Waals surface area contributed by atoms with Crippen molar-refractivity contribution in [2.45, 2.75) is 12.6 Å². The van der Waals surface area contributed by atoms with E-state index in [1.54, 1.807) is 11.0 Å². The highest BCUT2D eigenvalue weighted by molar-refractivity contribution is 6.21. The fraction of sp³-hybridized carbons (Fsp3) is 0.300. The highest BCUT2D eigenvalue weighted by Crippen LogP contribution is 2.33. The van der Waals surface area contributed by atoms with Gasteiger partial charge in [0.1, 0.15) is 11.9 Å². The number of fused-ring (bicyclic) bond motifs is 2. The lowest BCUT2D eigenvalue weighted by molar-refractivity contribution is -0.121. The van der Waals surface area contributed by atoms with Crippen molar-refractivity contribution >= 4 is 17.6 Å². The number of urea groups is 1. The van der Waals surface area contributed by atoms with E-state index in [1.165, 1.54) is 18.2 Å². The van der Waals surface area contributed by atoms with Gasteiger partial charge in [0.2, 0.25) is 6.79 Å². The number of ether oxygens (including phenoxy) is 2. The van der Waals surface area contributed by atoms with E-state index in [2.05, 4.69) is 4.90 Å². The molecule has 2 aromatic carbocycles. The van der Waals surface area contributed by atoms with E-state index in [-0.39, 0.29) is 24.4 Å². The van der Waals surface area contributed by atoms with Crippen molar-refractivity contribution in [3.8, 4) is 11.5 Å². The van der Waals surface area contributed by atoms with Crippen LogP contribution < -0.4 is 14.4 Å². The molecule has 8 heteroatoms. The van der Waals surface area contributed by atoms with Gasteiger partial charge in [0, 0.05) is 26.2 Å². The number of anilines is 1. The zero-order valence-corrected chi connectivity index (χ0v) is 15.0. The van der Waals surface area contributed by atoms with Crippen molar-refractivity contribution in [3.63, 3.8) is 0 Å². The third kappa shape index (κ3) is 2.77. The number of piperazine rings is 1. The second kappa shape index (κ2) is 6.49. The second-order valence-corrected chi connectivity index (χ2v) is 7.07. The van der Waals surface area contributed by atoms with E-state index in [0.717, 1.165) is 22.0 Å². The molecule has 2 saturated heterocycles. The van der Waals surface area contributed by atoms with Crippen LogP contribution in [0.25, 0.3) is 0 Å². The average Bonchev–Trinajstić information content (AvgIpc) is 3.24. The van der Waals surface area contributed by atoms with Crippen molar-refractivity contribution < 1.29 is 23.5 Å². The summed E-state index contributed by atoms with van der Waals surface area (Å²) in [6, 6.07) is 10.4. The van der Waals surface area contributed by atoms with Gasteiger partial charge in [0.05, 0.1) is 5.69 Å². The molecule has 2 fully saturated rings. The molecule has 0 bridgehead atoms. The summed E-state index contributed by atoms with van der Waals surface area (Å²) in [5.74, 6) is 0.662. The average molecular weight is 383 g/mol. The second-order valence-electron chi connectivity index (χ2n) is 7.07. The third-order valence-corrected chi connectivity index (χ3v) is 5.32. The normalized spacial score (nSPS) is 21.4. The molecule has 0 radical (unpaired) electrons. The Morgan fingerprint density at radius 3 is 2.75 bits per heavy atom. The molecule has 3 amide bonds. The molecule has 3 heterocycles. The van der Waals surface area contributed by atoms with E-state index in [1.807, 2.05) is 18.2 Å². The number of benzene rings is 2. The van der Waals surface area contributed by atoms with Gasteiger partial charge in [-0.1, -0.05) is 12.1 Å². The zero-order chi connectivity index (χ0) is 19.3. The summed E-state index contributed by atoms with van der Waals surface area (Å²) in [5, 5.41) is 0. The molecular formula is C20H18FN3O4. The molecule has 3 aliphatic rings. The summed E-state index contributed by atoms with van der Waals surface area (Å²) in [6.07, 6.45) is 0. The van der Waals surface area contributed by atoms with Crippen LogP contribution in [-0.4, -0.2) is 54.2 Å². The molecule has 0 aromatic heterocycles. The molecule has 0 N–H and O–H groups in total. The van der Waals surface area contributed by atoms with Crippen LogP contribution in [0.15, 0.2) is 42.5 Å². The molecule has 0 aliphatic carbocycles. The van der Waals surface area contributed by atoms with Gasteiger partial charge < -0.3 is 14.4 Å². The smallest absolute Gasteiger partial charge is 0.332 e. The van der Waals surface area contributed by atoms with Crippen LogP contribution in [0.4, 0.5) is 14.9 Å². The maximum absolute atomic E-state index is 13.6. The van der Waals surface area contributed by atoms with Gasteiger partial charge in [-0.05, 0) is 35.9 Å². The Morgan fingerprint density at radius 2 is 1.89 bits per heavy atom. The minimum absolute atomic E-state index is 0.228. The maximum atomic E-state index is 13.6. The predicted octanol–water partition coefficient (Wildman–Crippen LogP) is 2.21. The van der Waals surface area contributed by atoms with Gasteiger partial charge in [-0.25, -0.2) is 14.1 Å². The highest BCUT2D eigenvalue weighted by atomic mass is 19.1. The maximum Gasteiger partial charge on any atom is 0.332 e. The lowest BCUT2D eigenvalue weighted by atomic mass is 10.1. The number of halogens is 1. The summed E-state index contributed by atoms with van der Waals surface area (Å²) in [5.41, 5.74) is 1.32. The lowest BCUT2D eigenvalue weighted by Gasteiger charge is -2.35. The van der Waals surface area contributed by atoms with E-state index in [9.17, 15) is 14.0 Å². The standard InChI is InChI=1S/C20H18FN3O4/c21-14-2-1-3-15(9-14)24-19(25)16-11-22(6-7-23(16)20(24)26)10-13-4-5-17-18(8-13)28-12-27-17/h1-5,8-9,16H,6-7,10-12H2. The first kappa shape index (κ1) is 17.0. The van der Waals surface area contributed by atoms with Crippen molar-refractivity contribution in [2.24, 2.45) is 0 Å². The van der Waals surface area contributed by atoms with Crippen molar-refractivity contribution in [3.05, 3.63) is 53.8 Å². The summed E-state index contributed by atoms with van der Waals surface area (Å²) < 4.78 is 24.3. The van der Waals surface area contributed by atoms with Crippen LogP contribution in [0.2, 0.25) is 0 Å². The Kier molecular flexibility index (Phi) is 3.94. The molecule has 0 spiro atoms. The van der Waals surface area contributed by atoms with Gasteiger partial charge in [-0.3, -0.25) is 9.69 Å². The van der Waals surface area contributed by atoms with Crippen molar-refractivity contribution in [1.82, 2.24) is 9.80 Å².